The normalized spacial score (nSPS) is 10.7. The van der Waals surface area contributed by atoms with Gasteiger partial charge in [-0.2, -0.15) is 0 Å². The van der Waals surface area contributed by atoms with E-state index in [1.165, 1.54) is 43.8 Å². The number of benzene rings is 2. The van der Waals surface area contributed by atoms with E-state index in [1.807, 2.05) is 6.92 Å². The molecule has 2 aromatic carbocycles. The highest BCUT2D eigenvalue weighted by Crippen LogP contribution is 2.22. The molecule has 33 heavy (non-hydrogen) atoms. The summed E-state index contributed by atoms with van der Waals surface area (Å²) in [6.45, 7) is 2.41. The van der Waals surface area contributed by atoms with Crippen molar-refractivity contribution in [3.8, 4) is 11.6 Å². The Hall–Kier alpha value is -3.77. The summed E-state index contributed by atoms with van der Waals surface area (Å²) in [5.41, 5.74) is 0.901. The van der Waals surface area contributed by atoms with Crippen molar-refractivity contribution in [3.63, 3.8) is 0 Å². The molecule has 3 N–H and O–H groups in total. The van der Waals surface area contributed by atoms with Crippen LogP contribution in [0.1, 0.15) is 17.3 Å². The summed E-state index contributed by atoms with van der Waals surface area (Å²) in [6.07, 6.45) is 2.73. The number of carbonyl (C=O) groups is 1. The number of amides is 1. The number of nitrogens with one attached hydrogen (secondary N) is 3. The molecule has 0 saturated carbocycles. The summed E-state index contributed by atoms with van der Waals surface area (Å²) in [5.74, 6) is 0.294. The number of hydrogen-bond acceptors (Lipinski definition) is 8. The summed E-state index contributed by atoms with van der Waals surface area (Å²) in [7, 11) is -2.57. The van der Waals surface area contributed by atoms with Crippen LogP contribution in [-0.4, -0.2) is 43.1 Å². The maximum atomic E-state index is 12.6. The standard InChI is InChI=1S/C21H21N5O5S2/c1-3-31-16-8-4-14(5-9-16)19(27)25-21(32)24-15-6-10-17(11-7-15)33(28,29)26-18-20(30-2)23-13-12-22-18/h4-13H,3H2,1-2H3,(H,22,26)(H2,24,25,27,32). The lowest BCUT2D eigenvalue weighted by atomic mass is 10.2. The lowest BCUT2D eigenvalue weighted by Crippen LogP contribution is -2.34. The van der Waals surface area contributed by atoms with E-state index in [0.717, 1.165) is 0 Å². The predicted octanol–water partition coefficient (Wildman–Crippen LogP) is 2.81. The molecule has 0 spiro atoms. The molecule has 0 radical (unpaired) electrons. The Balaban J connectivity index is 1.61. The van der Waals surface area contributed by atoms with Crippen molar-refractivity contribution in [2.24, 2.45) is 0 Å². The van der Waals surface area contributed by atoms with E-state index in [4.69, 9.17) is 21.7 Å². The van der Waals surface area contributed by atoms with Crippen molar-refractivity contribution in [1.82, 2.24) is 15.3 Å². The van der Waals surface area contributed by atoms with Crippen LogP contribution in [0, 0.1) is 0 Å². The fraction of sp³-hybridized carbons (Fsp3) is 0.143. The van der Waals surface area contributed by atoms with Crippen LogP contribution in [0.3, 0.4) is 0 Å². The van der Waals surface area contributed by atoms with Gasteiger partial charge >= 0.3 is 0 Å². The molecule has 0 aliphatic carbocycles. The van der Waals surface area contributed by atoms with Gasteiger partial charge in [0.25, 0.3) is 21.8 Å². The van der Waals surface area contributed by atoms with Gasteiger partial charge in [-0.25, -0.2) is 18.4 Å². The van der Waals surface area contributed by atoms with E-state index in [9.17, 15) is 13.2 Å². The number of anilines is 2. The fourth-order valence-electron chi connectivity index (χ4n) is 2.66. The predicted molar refractivity (Wildman–Crippen MR) is 127 cm³/mol. The number of thiocarbonyl (C=S) groups is 1. The van der Waals surface area contributed by atoms with Crippen LogP contribution in [0.15, 0.2) is 65.8 Å². The van der Waals surface area contributed by atoms with Gasteiger partial charge in [-0.15, -0.1) is 0 Å². The molecule has 1 amide bonds. The Morgan fingerprint density at radius 2 is 1.70 bits per heavy atom. The summed E-state index contributed by atoms with van der Waals surface area (Å²) in [4.78, 5) is 20.2. The minimum atomic E-state index is -3.93. The molecule has 12 heteroatoms. The van der Waals surface area contributed by atoms with E-state index in [-0.39, 0.29) is 21.7 Å². The number of hydrogen-bond donors (Lipinski definition) is 3. The van der Waals surface area contributed by atoms with Gasteiger partial charge in [-0.05, 0) is 67.7 Å². The second-order valence-electron chi connectivity index (χ2n) is 6.41. The second-order valence-corrected chi connectivity index (χ2v) is 8.50. The summed E-state index contributed by atoms with van der Waals surface area (Å²) < 4.78 is 37.9. The number of ether oxygens (including phenoxy) is 2. The summed E-state index contributed by atoms with van der Waals surface area (Å²) in [6, 6.07) is 12.4. The van der Waals surface area contributed by atoms with E-state index < -0.39 is 15.9 Å². The van der Waals surface area contributed by atoms with Crippen molar-refractivity contribution >= 4 is 44.8 Å². The van der Waals surface area contributed by atoms with Gasteiger partial charge < -0.3 is 14.8 Å². The highest BCUT2D eigenvalue weighted by Gasteiger charge is 2.18. The average Bonchev–Trinajstić information content (AvgIpc) is 2.80. The molecule has 1 aromatic heterocycles. The SMILES string of the molecule is CCOc1ccc(C(=O)NC(=S)Nc2ccc(S(=O)(=O)Nc3nccnc3OC)cc2)cc1. The third kappa shape index (κ3) is 6.37. The van der Waals surface area contributed by atoms with Crippen molar-refractivity contribution in [2.45, 2.75) is 11.8 Å². The summed E-state index contributed by atoms with van der Waals surface area (Å²) in [5, 5.41) is 5.47. The molecular formula is C21H21N5O5S2. The first kappa shape index (κ1) is 23.9. The van der Waals surface area contributed by atoms with E-state index >= 15 is 0 Å². The lowest BCUT2D eigenvalue weighted by molar-refractivity contribution is 0.0977. The van der Waals surface area contributed by atoms with Crippen molar-refractivity contribution < 1.29 is 22.7 Å². The van der Waals surface area contributed by atoms with Crippen molar-refractivity contribution in [3.05, 3.63) is 66.5 Å². The zero-order valence-corrected chi connectivity index (χ0v) is 19.4. The van der Waals surface area contributed by atoms with Crippen LogP contribution in [-0.2, 0) is 10.0 Å². The third-order valence-electron chi connectivity index (χ3n) is 4.17. The maximum absolute atomic E-state index is 12.6. The molecule has 3 aromatic rings. The quantitative estimate of drug-likeness (QED) is 0.410. The second kappa shape index (κ2) is 10.7. The van der Waals surface area contributed by atoms with Gasteiger partial charge in [0.1, 0.15) is 5.75 Å². The Labute approximate surface area is 196 Å². The minimum Gasteiger partial charge on any atom is -0.494 e. The number of aromatic nitrogens is 2. The number of methoxy groups -OCH3 is 1. The smallest absolute Gasteiger partial charge is 0.263 e. The number of sulfonamides is 1. The largest absolute Gasteiger partial charge is 0.494 e. The average molecular weight is 488 g/mol. The Bertz CT molecular complexity index is 1230. The highest BCUT2D eigenvalue weighted by molar-refractivity contribution is 7.92. The minimum absolute atomic E-state index is 0.00917. The number of rotatable bonds is 8. The third-order valence-corrected chi connectivity index (χ3v) is 5.73. The van der Waals surface area contributed by atoms with Gasteiger partial charge in [0.2, 0.25) is 5.82 Å². The Kier molecular flexibility index (Phi) is 7.74. The van der Waals surface area contributed by atoms with Gasteiger partial charge in [0.15, 0.2) is 5.11 Å². The molecule has 0 aliphatic heterocycles. The molecule has 0 bridgehead atoms. The highest BCUT2D eigenvalue weighted by atomic mass is 32.2. The van der Waals surface area contributed by atoms with Crippen LogP contribution < -0.4 is 24.8 Å². The summed E-state index contributed by atoms with van der Waals surface area (Å²) >= 11 is 5.17. The topological polar surface area (TPSA) is 132 Å². The van der Waals surface area contributed by atoms with Crippen LogP contribution in [0.5, 0.6) is 11.6 Å². The maximum Gasteiger partial charge on any atom is 0.263 e. The zero-order valence-electron chi connectivity index (χ0n) is 17.7. The van der Waals surface area contributed by atoms with E-state index in [1.54, 1.807) is 24.3 Å². The van der Waals surface area contributed by atoms with Crippen LogP contribution in [0.25, 0.3) is 0 Å². The fourth-order valence-corrected chi connectivity index (χ4v) is 3.87. The van der Waals surface area contributed by atoms with Crippen molar-refractivity contribution in [2.75, 3.05) is 23.8 Å². The molecule has 0 atom stereocenters. The molecule has 3 rings (SSSR count). The van der Waals surface area contributed by atoms with Crippen LogP contribution >= 0.6 is 12.2 Å². The molecule has 172 valence electrons. The molecule has 0 saturated heterocycles. The molecule has 0 unspecified atom stereocenters. The Morgan fingerprint density at radius 1 is 1.03 bits per heavy atom. The number of carbonyl (C=O) groups excluding carboxylic acids is 1. The van der Waals surface area contributed by atoms with E-state index in [0.29, 0.717) is 23.6 Å². The molecule has 10 nitrogen and oxygen atoms in total. The lowest BCUT2D eigenvalue weighted by Gasteiger charge is -2.12. The monoisotopic (exact) mass is 487 g/mol. The first-order valence-electron chi connectivity index (χ1n) is 9.65. The first-order valence-corrected chi connectivity index (χ1v) is 11.5. The van der Waals surface area contributed by atoms with Gasteiger partial charge in [-0.1, -0.05) is 0 Å². The van der Waals surface area contributed by atoms with Gasteiger partial charge in [0, 0.05) is 23.6 Å². The Morgan fingerprint density at radius 3 is 2.33 bits per heavy atom. The van der Waals surface area contributed by atoms with Crippen molar-refractivity contribution in [1.29, 1.82) is 0 Å². The van der Waals surface area contributed by atoms with E-state index in [2.05, 4.69) is 25.3 Å². The molecule has 0 fully saturated rings. The zero-order chi connectivity index (χ0) is 23.8. The molecule has 0 aliphatic rings. The van der Waals surface area contributed by atoms with Gasteiger partial charge in [-0.3, -0.25) is 14.8 Å². The first-order chi connectivity index (χ1) is 15.8. The van der Waals surface area contributed by atoms with Gasteiger partial charge in [0.05, 0.1) is 18.6 Å². The van der Waals surface area contributed by atoms with Crippen LogP contribution in [0.4, 0.5) is 11.5 Å². The number of nitrogens with zero attached hydrogens (tertiary/aromatic N) is 2. The molecule has 1 heterocycles. The van der Waals surface area contributed by atoms with Crippen LogP contribution in [0.2, 0.25) is 0 Å². The molecular weight excluding hydrogens is 466 g/mol.